The Morgan fingerprint density at radius 1 is 0.743 bits per heavy atom. The van der Waals surface area contributed by atoms with Crippen LogP contribution in [-0.2, 0) is 31.8 Å². The standard InChI is InChI=1S/C21H25.C8H8.C5H5.Hf/c1-20(2,3)16-7-9-18-14(12-16)11-15-13-17(21(4,5)6)8-10-19(15)18;1-2-8-6-4-3-5-7-8;1-2-4-5-3-1;/h7-13H,1-6H3;3-7H,1H3;1-3H,4H2;. The maximum absolute atomic E-state index is 2.58. The summed E-state index contributed by atoms with van der Waals surface area (Å²) in [7, 11) is 0. The van der Waals surface area contributed by atoms with E-state index >= 15 is 0 Å². The van der Waals surface area contributed by atoms with Crippen molar-refractivity contribution in [3.8, 4) is 11.1 Å². The molecule has 0 atom stereocenters. The fraction of sp³-hybridized carbons (Fsp3) is 0.324. The van der Waals surface area contributed by atoms with Gasteiger partial charge in [-0.05, 0) is 0 Å². The number of benzene rings is 3. The van der Waals surface area contributed by atoms with Gasteiger partial charge in [0.1, 0.15) is 0 Å². The van der Waals surface area contributed by atoms with Crippen molar-refractivity contribution in [3.63, 3.8) is 0 Å². The Hall–Kier alpha value is -2.12. The summed E-state index contributed by atoms with van der Waals surface area (Å²) in [4.78, 5) is 0. The molecule has 0 heterocycles. The molecule has 0 bridgehead atoms. The molecule has 3 aromatic carbocycles. The third-order valence-electron chi connectivity index (χ3n) is 7.76. The van der Waals surface area contributed by atoms with Crippen LogP contribution in [0.15, 0.2) is 88.3 Å². The summed E-state index contributed by atoms with van der Waals surface area (Å²) < 4.78 is 3.94. The van der Waals surface area contributed by atoms with E-state index in [1.807, 2.05) is 0 Å². The number of hydrogen-bond donors (Lipinski definition) is 0. The number of rotatable bonds is 3. The maximum atomic E-state index is 2.57. The first kappa shape index (κ1) is 24.6. The zero-order valence-corrected chi connectivity index (χ0v) is 26.0. The van der Waals surface area contributed by atoms with Gasteiger partial charge in [0.05, 0.1) is 0 Å². The Morgan fingerprint density at radius 3 is 1.74 bits per heavy atom. The van der Waals surface area contributed by atoms with Crippen LogP contribution in [0.5, 0.6) is 0 Å². The molecular weight excluding hydrogens is 587 g/mol. The van der Waals surface area contributed by atoms with Crippen LogP contribution in [0.3, 0.4) is 0 Å². The Morgan fingerprint density at radius 2 is 1.29 bits per heavy atom. The van der Waals surface area contributed by atoms with Crippen molar-refractivity contribution in [3.05, 3.63) is 116 Å². The van der Waals surface area contributed by atoms with Crippen molar-refractivity contribution in [1.29, 1.82) is 0 Å². The Balaban J connectivity index is 1.82. The summed E-state index contributed by atoms with van der Waals surface area (Å²) >= 11 is -2.58. The van der Waals surface area contributed by atoms with Gasteiger partial charge in [-0.25, -0.2) is 0 Å². The Kier molecular flexibility index (Phi) is 6.37. The number of allylic oxidation sites excluding steroid dienone is 4. The molecule has 0 aliphatic heterocycles. The summed E-state index contributed by atoms with van der Waals surface area (Å²) in [6.07, 6.45) is 8.26. The van der Waals surface area contributed by atoms with Gasteiger partial charge in [-0.2, -0.15) is 0 Å². The predicted octanol–water partition coefficient (Wildman–Crippen LogP) is 9.05. The molecule has 2 aliphatic rings. The second kappa shape index (κ2) is 9.07. The van der Waals surface area contributed by atoms with Gasteiger partial charge in [-0.15, -0.1) is 0 Å². The molecule has 0 amide bonds. The minimum absolute atomic E-state index is 0.142. The molecule has 1 heteroatoms. The topological polar surface area (TPSA) is 0 Å². The summed E-state index contributed by atoms with van der Waals surface area (Å²) in [5.74, 6) is 0. The molecule has 0 spiro atoms. The average molecular weight is 625 g/mol. The second-order valence-electron chi connectivity index (χ2n) is 12.3. The van der Waals surface area contributed by atoms with Gasteiger partial charge >= 0.3 is 221 Å². The van der Waals surface area contributed by atoms with E-state index in [1.165, 1.54) is 27.8 Å². The van der Waals surface area contributed by atoms with Crippen molar-refractivity contribution in [2.45, 2.75) is 69.4 Å². The van der Waals surface area contributed by atoms with Crippen molar-refractivity contribution in [1.82, 2.24) is 0 Å². The van der Waals surface area contributed by atoms with E-state index in [9.17, 15) is 0 Å². The van der Waals surface area contributed by atoms with Crippen molar-refractivity contribution < 1.29 is 21.0 Å². The minimum atomic E-state index is -2.58. The van der Waals surface area contributed by atoms with E-state index in [0.29, 0.717) is 3.67 Å². The van der Waals surface area contributed by atoms with E-state index in [-0.39, 0.29) is 10.8 Å². The van der Waals surface area contributed by atoms with Crippen molar-refractivity contribution >= 4 is 3.26 Å². The monoisotopic (exact) mass is 626 g/mol. The van der Waals surface area contributed by atoms with Gasteiger partial charge in [0.25, 0.3) is 0 Å². The van der Waals surface area contributed by atoms with Gasteiger partial charge in [0, 0.05) is 0 Å². The van der Waals surface area contributed by atoms with Crippen LogP contribution in [0.4, 0.5) is 0 Å². The molecule has 178 valence electrons. The van der Waals surface area contributed by atoms with Crippen LogP contribution in [-0.4, -0.2) is 3.26 Å². The van der Waals surface area contributed by atoms with Crippen LogP contribution < -0.4 is 0 Å². The first-order chi connectivity index (χ1) is 16.6. The first-order valence-corrected chi connectivity index (χ1v) is 18.6. The first-order valence-electron chi connectivity index (χ1n) is 13.0. The van der Waals surface area contributed by atoms with Gasteiger partial charge < -0.3 is 0 Å². The molecule has 0 unspecified atom stereocenters. The zero-order valence-electron chi connectivity index (χ0n) is 22.4. The SMILES string of the molecule is C[C](c1ccccc1)=[Hf]([C]1=CC=CC1)[CH]1c2cc(C(C)(C)C)ccc2-c2ccc(C(C)(C)C)cc21. The summed E-state index contributed by atoms with van der Waals surface area (Å²) in [6.45, 7) is 16.5. The van der Waals surface area contributed by atoms with E-state index in [4.69, 9.17) is 0 Å². The Labute approximate surface area is 219 Å². The van der Waals surface area contributed by atoms with Crippen molar-refractivity contribution in [2.24, 2.45) is 0 Å². The van der Waals surface area contributed by atoms with Gasteiger partial charge in [0.15, 0.2) is 0 Å². The molecule has 35 heavy (non-hydrogen) atoms. The average Bonchev–Trinajstić information content (AvgIpc) is 3.45. The van der Waals surface area contributed by atoms with Crippen LogP contribution in [0.2, 0.25) is 0 Å². The van der Waals surface area contributed by atoms with Gasteiger partial charge in [-0.1, -0.05) is 0 Å². The number of hydrogen-bond acceptors (Lipinski definition) is 0. The fourth-order valence-electron chi connectivity index (χ4n) is 5.64. The Bertz CT molecular complexity index is 1300. The molecule has 0 saturated carbocycles. The van der Waals surface area contributed by atoms with Crippen LogP contribution in [0.25, 0.3) is 11.1 Å². The quantitative estimate of drug-likeness (QED) is 0.255. The van der Waals surface area contributed by atoms with E-state index < -0.39 is 21.0 Å². The van der Waals surface area contributed by atoms with Gasteiger partial charge in [-0.3, -0.25) is 0 Å². The zero-order chi connectivity index (χ0) is 25.0. The molecular formula is C34H38Hf. The molecule has 5 rings (SSSR count). The van der Waals surface area contributed by atoms with Crippen LogP contribution >= 0.6 is 0 Å². The van der Waals surface area contributed by atoms with E-state index in [2.05, 4.69) is 133 Å². The molecule has 0 aromatic heterocycles. The molecule has 0 fully saturated rings. The fourth-order valence-corrected chi connectivity index (χ4v) is 18.1. The number of fused-ring (bicyclic) bond motifs is 3. The van der Waals surface area contributed by atoms with Crippen LogP contribution in [0, 0.1) is 0 Å². The van der Waals surface area contributed by atoms with Gasteiger partial charge in [0.2, 0.25) is 0 Å². The summed E-state index contributed by atoms with van der Waals surface area (Å²) in [5, 5.41) is 0. The molecule has 3 aromatic rings. The third kappa shape index (κ3) is 4.57. The summed E-state index contributed by atoms with van der Waals surface area (Å²) in [5.41, 5.74) is 10.7. The molecule has 2 aliphatic carbocycles. The molecule has 0 radical (unpaired) electrons. The second-order valence-corrected chi connectivity index (χ2v) is 22.3. The molecule has 0 nitrogen and oxygen atoms in total. The van der Waals surface area contributed by atoms with Crippen molar-refractivity contribution in [2.75, 3.05) is 0 Å². The van der Waals surface area contributed by atoms with Crippen LogP contribution in [0.1, 0.15) is 86.4 Å². The van der Waals surface area contributed by atoms with E-state index in [0.717, 1.165) is 6.42 Å². The molecule has 0 saturated heterocycles. The van der Waals surface area contributed by atoms with E-state index in [1.54, 1.807) is 17.7 Å². The molecule has 0 N–H and O–H groups in total. The summed E-state index contributed by atoms with van der Waals surface area (Å²) in [6, 6.07) is 25.9. The predicted molar refractivity (Wildman–Crippen MR) is 149 cm³/mol. The normalized spacial score (nSPS) is 16.1. The third-order valence-corrected chi connectivity index (χ3v) is 19.8.